The van der Waals surface area contributed by atoms with Crippen molar-refractivity contribution in [1.82, 2.24) is 10.6 Å². The molecule has 0 aliphatic carbocycles. The molecular formula is C10H20N2O3. The third-order valence-corrected chi connectivity index (χ3v) is 2.77. The van der Waals surface area contributed by atoms with Gasteiger partial charge in [-0.25, -0.2) is 0 Å². The minimum atomic E-state index is -0.754. The quantitative estimate of drug-likeness (QED) is 0.529. The van der Waals surface area contributed by atoms with Crippen LogP contribution in [0.1, 0.15) is 20.3 Å². The molecule has 0 aromatic heterocycles. The number of hydrogen-bond donors (Lipinski definition) is 3. The zero-order valence-corrected chi connectivity index (χ0v) is 9.38. The normalized spacial score (nSPS) is 30.5. The maximum atomic E-state index is 10.6. The molecule has 1 aliphatic heterocycles. The minimum Gasteiger partial charge on any atom is -0.386 e. The molecule has 0 radical (unpaired) electrons. The van der Waals surface area contributed by atoms with E-state index in [0.717, 1.165) is 0 Å². The van der Waals surface area contributed by atoms with Gasteiger partial charge in [-0.2, -0.15) is 0 Å². The van der Waals surface area contributed by atoms with Gasteiger partial charge in [-0.05, 0) is 6.92 Å². The van der Waals surface area contributed by atoms with Crippen LogP contribution in [0.5, 0.6) is 0 Å². The van der Waals surface area contributed by atoms with Crippen LogP contribution in [0.2, 0.25) is 0 Å². The van der Waals surface area contributed by atoms with E-state index in [2.05, 4.69) is 10.6 Å². The van der Waals surface area contributed by atoms with Crippen molar-refractivity contribution in [3.8, 4) is 0 Å². The highest BCUT2D eigenvalue weighted by atomic mass is 16.5. The molecule has 1 heterocycles. The average Bonchev–Trinajstić information content (AvgIpc) is 2.46. The largest absolute Gasteiger partial charge is 0.386 e. The van der Waals surface area contributed by atoms with Crippen molar-refractivity contribution in [3.63, 3.8) is 0 Å². The van der Waals surface area contributed by atoms with Crippen molar-refractivity contribution in [3.05, 3.63) is 0 Å². The Balaban J connectivity index is 2.11. The number of carbonyl (C=O) groups excluding carboxylic acids is 1. The van der Waals surface area contributed by atoms with E-state index in [1.807, 2.05) is 6.92 Å². The van der Waals surface area contributed by atoms with Gasteiger partial charge in [0.05, 0.1) is 6.10 Å². The van der Waals surface area contributed by atoms with Gasteiger partial charge < -0.3 is 20.5 Å². The number of carbonyl (C=O) groups is 1. The fraction of sp³-hybridized carbons (Fsp3) is 0.900. The summed E-state index contributed by atoms with van der Waals surface area (Å²) in [4.78, 5) is 10.6. The monoisotopic (exact) mass is 216 g/mol. The lowest BCUT2D eigenvalue weighted by molar-refractivity contribution is -0.118. The van der Waals surface area contributed by atoms with E-state index in [4.69, 9.17) is 4.74 Å². The molecule has 1 fully saturated rings. The lowest BCUT2D eigenvalue weighted by Gasteiger charge is -2.26. The molecule has 3 N–H and O–H groups in total. The Morgan fingerprint density at radius 1 is 1.60 bits per heavy atom. The molecule has 2 unspecified atom stereocenters. The summed E-state index contributed by atoms with van der Waals surface area (Å²) in [5.74, 6) is -0.0342. The average molecular weight is 216 g/mol. The fourth-order valence-corrected chi connectivity index (χ4v) is 1.63. The molecule has 5 heteroatoms. The van der Waals surface area contributed by atoms with Crippen molar-refractivity contribution >= 4 is 5.91 Å². The molecule has 1 aliphatic rings. The van der Waals surface area contributed by atoms with Gasteiger partial charge in [-0.1, -0.05) is 0 Å². The molecule has 5 nitrogen and oxygen atoms in total. The van der Waals surface area contributed by atoms with Crippen molar-refractivity contribution in [2.45, 2.75) is 32.0 Å². The number of nitrogens with one attached hydrogen (secondary N) is 2. The van der Waals surface area contributed by atoms with E-state index in [1.165, 1.54) is 6.92 Å². The Hall–Kier alpha value is -0.650. The van der Waals surface area contributed by atoms with E-state index >= 15 is 0 Å². The van der Waals surface area contributed by atoms with Gasteiger partial charge >= 0.3 is 0 Å². The van der Waals surface area contributed by atoms with Gasteiger partial charge in [-0.15, -0.1) is 0 Å². The smallest absolute Gasteiger partial charge is 0.216 e. The lowest BCUT2D eigenvalue weighted by atomic mass is 9.97. The first-order chi connectivity index (χ1) is 7.04. The summed E-state index contributed by atoms with van der Waals surface area (Å²) in [7, 11) is 0. The molecule has 1 rings (SSSR count). The summed E-state index contributed by atoms with van der Waals surface area (Å²) in [6.07, 6.45) is 0.548. The van der Waals surface area contributed by atoms with Crippen molar-refractivity contribution in [2.75, 3.05) is 26.2 Å². The summed E-state index contributed by atoms with van der Waals surface area (Å²) in [6, 6.07) is 0. The van der Waals surface area contributed by atoms with E-state index < -0.39 is 5.60 Å². The van der Waals surface area contributed by atoms with Crippen LogP contribution in [0.4, 0.5) is 0 Å². The van der Waals surface area contributed by atoms with Crippen LogP contribution in [0.15, 0.2) is 0 Å². The Morgan fingerprint density at radius 2 is 2.33 bits per heavy atom. The third kappa shape index (κ3) is 3.77. The second-order valence-corrected chi connectivity index (χ2v) is 4.03. The molecule has 1 amide bonds. The maximum absolute atomic E-state index is 10.6. The fourth-order valence-electron chi connectivity index (χ4n) is 1.63. The summed E-state index contributed by atoms with van der Waals surface area (Å²) < 4.78 is 5.30. The van der Waals surface area contributed by atoms with Gasteiger partial charge in [0.15, 0.2) is 0 Å². The first-order valence-corrected chi connectivity index (χ1v) is 5.34. The van der Waals surface area contributed by atoms with Crippen molar-refractivity contribution < 1.29 is 14.6 Å². The van der Waals surface area contributed by atoms with Crippen LogP contribution in [-0.2, 0) is 9.53 Å². The first kappa shape index (κ1) is 12.4. The summed E-state index contributed by atoms with van der Waals surface area (Å²) in [5.41, 5.74) is -0.754. The Kier molecular flexibility index (Phi) is 4.50. The number of amides is 1. The minimum absolute atomic E-state index is 0.0342. The van der Waals surface area contributed by atoms with Gasteiger partial charge in [0.25, 0.3) is 0 Å². The molecule has 0 aromatic rings. The van der Waals surface area contributed by atoms with E-state index in [9.17, 15) is 9.90 Å². The van der Waals surface area contributed by atoms with Crippen LogP contribution in [0.25, 0.3) is 0 Å². The molecule has 0 bridgehead atoms. The predicted octanol–water partition coefficient (Wildman–Crippen LogP) is -0.748. The van der Waals surface area contributed by atoms with E-state index in [0.29, 0.717) is 32.7 Å². The topological polar surface area (TPSA) is 70.6 Å². The summed E-state index contributed by atoms with van der Waals surface area (Å²) in [6.45, 7) is 5.73. The Labute approximate surface area is 90.2 Å². The van der Waals surface area contributed by atoms with Gasteiger partial charge in [-0.3, -0.25) is 4.79 Å². The Bertz CT molecular complexity index is 223. The molecule has 15 heavy (non-hydrogen) atoms. The van der Waals surface area contributed by atoms with Crippen LogP contribution >= 0.6 is 0 Å². The van der Waals surface area contributed by atoms with Gasteiger partial charge in [0.1, 0.15) is 5.60 Å². The summed E-state index contributed by atoms with van der Waals surface area (Å²) in [5, 5.41) is 15.9. The molecule has 0 spiro atoms. The van der Waals surface area contributed by atoms with Gasteiger partial charge in [0, 0.05) is 39.6 Å². The molecule has 2 atom stereocenters. The third-order valence-electron chi connectivity index (χ3n) is 2.77. The number of aliphatic hydroxyl groups is 1. The predicted molar refractivity (Wildman–Crippen MR) is 56.5 cm³/mol. The highest BCUT2D eigenvalue weighted by molar-refractivity contribution is 5.72. The highest BCUT2D eigenvalue weighted by Crippen LogP contribution is 2.24. The number of rotatable bonds is 5. The zero-order valence-electron chi connectivity index (χ0n) is 9.38. The molecule has 88 valence electrons. The SMILES string of the molecule is CC(=O)NCCNCC1(O)CCOC1C. The van der Waals surface area contributed by atoms with Crippen LogP contribution < -0.4 is 10.6 Å². The van der Waals surface area contributed by atoms with Crippen LogP contribution in [-0.4, -0.2) is 49.0 Å². The van der Waals surface area contributed by atoms with Gasteiger partial charge in [0.2, 0.25) is 5.91 Å². The van der Waals surface area contributed by atoms with Crippen LogP contribution in [0, 0.1) is 0 Å². The first-order valence-electron chi connectivity index (χ1n) is 5.34. The standard InChI is InChI=1S/C10H20N2O3/c1-8-10(14,3-6-15-8)7-11-4-5-12-9(2)13/h8,11,14H,3-7H2,1-2H3,(H,12,13). The number of ether oxygens (including phenoxy) is 1. The molecule has 0 saturated carbocycles. The second-order valence-electron chi connectivity index (χ2n) is 4.03. The zero-order chi connectivity index (χ0) is 11.3. The highest BCUT2D eigenvalue weighted by Gasteiger charge is 2.38. The lowest BCUT2D eigenvalue weighted by Crippen LogP contribution is -2.47. The molecular weight excluding hydrogens is 196 g/mol. The molecule has 0 aromatic carbocycles. The van der Waals surface area contributed by atoms with Crippen molar-refractivity contribution in [1.29, 1.82) is 0 Å². The van der Waals surface area contributed by atoms with Crippen LogP contribution in [0.3, 0.4) is 0 Å². The van der Waals surface area contributed by atoms with E-state index in [1.54, 1.807) is 0 Å². The second kappa shape index (κ2) is 5.44. The van der Waals surface area contributed by atoms with E-state index in [-0.39, 0.29) is 12.0 Å². The Morgan fingerprint density at radius 3 is 2.87 bits per heavy atom. The number of hydrogen-bond acceptors (Lipinski definition) is 4. The molecule has 1 saturated heterocycles. The maximum Gasteiger partial charge on any atom is 0.216 e. The van der Waals surface area contributed by atoms with Crippen molar-refractivity contribution in [2.24, 2.45) is 0 Å². The summed E-state index contributed by atoms with van der Waals surface area (Å²) >= 11 is 0.